The molecule has 3 fully saturated rings. The number of thiazole rings is 1. The average molecular weight is 591 g/mol. The number of aliphatic hydroxyl groups is 1. The molecule has 220 valence electrons. The van der Waals surface area contributed by atoms with Gasteiger partial charge in [0.1, 0.15) is 6.61 Å². The summed E-state index contributed by atoms with van der Waals surface area (Å²) in [4.78, 5) is 29.9. The van der Waals surface area contributed by atoms with Crippen LogP contribution in [0.1, 0.15) is 37.9 Å². The fraction of sp³-hybridized carbons (Fsp3) is 0.571. The summed E-state index contributed by atoms with van der Waals surface area (Å²) in [5.74, 6) is 0.388. The van der Waals surface area contributed by atoms with E-state index >= 15 is 0 Å². The second-order valence-corrected chi connectivity index (χ2v) is 12.2. The molecule has 0 unspecified atom stereocenters. The number of benzene rings is 1. The van der Waals surface area contributed by atoms with Gasteiger partial charge in [0.2, 0.25) is 5.91 Å². The van der Waals surface area contributed by atoms with Gasteiger partial charge in [-0.25, -0.2) is 15.0 Å². The summed E-state index contributed by atoms with van der Waals surface area (Å²) in [7, 11) is 0. The largest absolute Gasteiger partial charge is 0.401 e. The molecule has 2 N–H and O–H groups in total. The number of carbonyl (C=O) groups excluding carboxylic acids is 1. The van der Waals surface area contributed by atoms with E-state index in [0.29, 0.717) is 50.0 Å². The summed E-state index contributed by atoms with van der Waals surface area (Å²) >= 11 is 1.41. The third kappa shape index (κ3) is 6.86. The van der Waals surface area contributed by atoms with E-state index in [4.69, 9.17) is 4.74 Å². The van der Waals surface area contributed by atoms with Crippen molar-refractivity contribution in [3.05, 3.63) is 36.4 Å². The van der Waals surface area contributed by atoms with Crippen molar-refractivity contribution in [3.8, 4) is 11.1 Å². The zero-order valence-corrected chi connectivity index (χ0v) is 23.3. The normalized spacial score (nSPS) is 25.9. The van der Waals surface area contributed by atoms with Gasteiger partial charge < -0.3 is 15.2 Å². The van der Waals surface area contributed by atoms with Crippen LogP contribution in [0.15, 0.2) is 30.6 Å². The molecule has 13 heteroatoms. The van der Waals surface area contributed by atoms with Crippen LogP contribution < -0.4 is 5.32 Å². The minimum atomic E-state index is -4.17. The molecule has 0 spiro atoms. The van der Waals surface area contributed by atoms with E-state index < -0.39 is 18.8 Å². The van der Waals surface area contributed by atoms with Crippen molar-refractivity contribution in [2.24, 2.45) is 5.92 Å². The molecule has 3 aliphatic rings. The van der Waals surface area contributed by atoms with Crippen molar-refractivity contribution < 1.29 is 27.8 Å². The van der Waals surface area contributed by atoms with Crippen molar-refractivity contribution >= 4 is 32.6 Å². The molecule has 1 aliphatic heterocycles. The van der Waals surface area contributed by atoms with Crippen LogP contribution >= 0.6 is 11.3 Å². The Labute approximate surface area is 239 Å². The summed E-state index contributed by atoms with van der Waals surface area (Å²) in [6.45, 7) is 1.40. The number of rotatable bonds is 8. The summed E-state index contributed by atoms with van der Waals surface area (Å²) in [5.41, 5.74) is 2.59. The lowest BCUT2D eigenvalue weighted by atomic mass is 9.78. The topological polar surface area (TPSA) is 104 Å². The molecule has 3 aromatic rings. The van der Waals surface area contributed by atoms with E-state index in [-0.39, 0.29) is 30.6 Å². The van der Waals surface area contributed by atoms with Gasteiger partial charge in [-0.2, -0.15) is 13.2 Å². The highest BCUT2D eigenvalue weighted by atomic mass is 32.1. The lowest BCUT2D eigenvalue weighted by Gasteiger charge is -2.45. The smallest absolute Gasteiger partial charge is 0.390 e. The van der Waals surface area contributed by atoms with E-state index in [1.54, 1.807) is 12.4 Å². The maximum Gasteiger partial charge on any atom is 0.401 e. The fourth-order valence-corrected chi connectivity index (χ4v) is 6.77. The zero-order chi connectivity index (χ0) is 28.6. The Morgan fingerprint density at radius 3 is 2.54 bits per heavy atom. The molecule has 0 radical (unpaired) electrons. The molecule has 3 heterocycles. The summed E-state index contributed by atoms with van der Waals surface area (Å²) in [6, 6.07) is 6.10. The number of nitrogens with one attached hydrogen (secondary N) is 1. The van der Waals surface area contributed by atoms with Crippen molar-refractivity contribution in [3.63, 3.8) is 0 Å². The lowest BCUT2D eigenvalue weighted by Crippen LogP contribution is -2.56. The number of aromatic nitrogens is 3. The highest BCUT2D eigenvalue weighted by Gasteiger charge is 2.40. The van der Waals surface area contributed by atoms with Crippen LogP contribution in [0.4, 0.5) is 18.3 Å². The van der Waals surface area contributed by atoms with Crippen molar-refractivity contribution in [2.75, 3.05) is 38.0 Å². The molecule has 2 saturated carbocycles. The van der Waals surface area contributed by atoms with Gasteiger partial charge in [-0.05, 0) is 49.8 Å². The standard InChI is InChI=1S/C28H33F3N6O3S/c29-28(30,31)16-36-6-8-37(9-7-36)20-10-18(11-20)26(39)35-27-34-21-5-4-17(12-24(21)41-27)19-13-32-25(33-14-19)15-40-23-3-1-2-22(23)38/h4-5,12-14,18,20,22-23,38H,1-3,6-11,15-16H2,(H,34,35,39)/t18?,20?,22-,23-/m0/s1. The van der Waals surface area contributed by atoms with Crippen LogP contribution in [0.5, 0.6) is 0 Å². The first-order valence-electron chi connectivity index (χ1n) is 14.1. The first kappa shape index (κ1) is 28.4. The molecule has 41 heavy (non-hydrogen) atoms. The Bertz CT molecular complexity index is 1360. The molecule has 0 bridgehead atoms. The number of anilines is 1. The summed E-state index contributed by atoms with van der Waals surface area (Å²) in [5, 5.41) is 13.4. The maximum absolute atomic E-state index is 12.8. The summed E-state index contributed by atoms with van der Waals surface area (Å²) < 4.78 is 44.6. The molecular formula is C28H33F3N6O3S. The molecule has 9 nitrogen and oxygen atoms in total. The van der Waals surface area contributed by atoms with Crippen LogP contribution in [-0.4, -0.2) is 92.9 Å². The monoisotopic (exact) mass is 590 g/mol. The second kappa shape index (κ2) is 11.9. The van der Waals surface area contributed by atoms with Gasteiger partial charge in [0.25, 0.3) is 0 Å². The number of hydrogen-bond acceptors (Lipinski definition) is 9. The van der Waals surface area contributed by atoms with E-state index in [9.17, 15) is 23.1 Å². The van der Waals surface area contributed by atoms with Gasteiger partial charge in [-0.1, -0.05) is 17.4 Å². The number of aliphatic hydroxyl groups excluding tert-OH is 1. The molecule has 1 amide bonds. The molecule has 6 rings (SSSR count). The Balaban J connectivity index is 0.991. The van der Waals surface area contributed by atoms with Crippen LogP contribution in [-0.2, 0) is 16.1 Å². The third-order valence-corrected chi connectivity index (χ3v) is 9.25. The molecule has 1 saturated heterocycles. The average Bonchev–Trinajstić information content (AvgIpc) is 3.51. The highest BCUT2D eigenvalue weighted by Crippen LogP contribution is 2.35. The SMILES string of the molecule is O=C(Nc1nc2ccc(-c3cnc(CO[C@H]4CCC[C@@H]4O)nc3)cc2s1)C1CC(N2CCN(CC(F)(F)F)CC2)C1. The highest BCUT2D eigenvalue weighted by molar-refractivity contribution is 7.22. The van der Waals surface area contributed by atoms with Crippen molar-refractivity contribution in [1.82, 2.24) is 24.8 Å². The van der Waals surface area contributed by atoms with Crippen LogP contribution in [0.3, 0.4) is 0 Å². The van der Waals surface area contributed by atoms with Gasteiger partial charge in [-0.3, -0.25) is 14.6 Å². The predicted octanol–water partition coefficient (Wildman–Crippen LogP) is 4.08. The van der Waals surface area contributed by atoms with E-state index in [0.717, 1.165) is 40.6 Å². The molecule has 2 aromatic heterocycles. The number of alkyl halides is 3. The minimum absolute atomic E-state index is 0.0624. The first-order valence-corrected chi connectivity index (χ1v) is 14.9. The fourth-order valence-electron chi connectivity index (χ4n) is 5.87. The number of amides is 1. The van der Waals surface area contributed by atoms with Crippen molar-refractivity contribution in [1.29, 1.82) is 0 Å². The van der Waals surface area contributed by atoms with Crippen LogP contribution in [0.2, 0.25) is 0 Å². The van der Waals surface area contributed by atoms with Gasteiger partial charge >= 0.3 is 6.18 Å². The number of ether oxygens (including phenoxy) is 1. The molecule has 1 aromatic carbocycles. The molecule has 2 atom stereocenters. The van der Waals surface area contributed by atoms with Gasteiger partial charge in [0, 0.05) is 56.1 Å². The Morgan fingerprint density at radius 2 is 1.85 bits per heavy atom. The number of fused-ring (bicyclic) bond motifs is 1. The van der Waals surface area contributed by atoms with Gasteiger partial charge in [0.05, 0.1) is 29.0 Å². The number of halogens is 3. The number of hydrogen-bond donors (Lipinski definition) is 2. The lowest BCUT2D eigenvalue weighted by molar-refractivity contribution is -0.151. The Kier molecular flexibility index (Phi) is 8.23. The van der Waals surface area contributed by atoms with Gasteiger partial charge in [-0.15, -0.1) is 0 Å². The number of carbonyl (C=O) groups is 1. The minimum Gasteiger partial charge on any atom is -0.390 e. The van der Waals surface area contributed by atoms with Crippen LogP contribution in [0, 0.1) is 5.92 Å². The summed E-state index contributed by atoms with van der Waals surface area (Å²) in [6.07, 6.45) is 2.80. The third-order valence-electron chi connectivity index (χ3n) is 8.31. The Hall–Kier alpha value is -2.71. The van der Waals surface area contributed by atoms with Gasteiger partial charge in [0.15, 0.2) is 11.0 Å². The second-order valence-electron chi connectivity index (χ2n) is 11.2. The number of nitrogens with zero attached hydrogens (tertiary/aromatic N) is 5. The van der Waals surface area contributed by atoms with E-state index in [1.807, 2.05) is 18.2 Å². The van der Waals surface area contributed by atoms with Crippen LogP contribution in [0.25, 0.3) is 21.3 Å². The molecule has 2 aliphatic carbocycles. The Morgan fingerprint density at radius 1 is 1.10 bits per heavy atom. The van der Waals surface area contributed by atoms with Crippen molar-refractivity contribution in [2.45, 2.75) is 63.1 Å². The predicted molar refractivity (Wildman–Crippen MR) is 148 cm³/mol. The zero-order valence-electron chi connectivity index (χ0n) is 22.5. The van der Waals surface area contributed by atoms with E-state index in [1.165, 1.54) is 16.2 Å². The molecular weight excluding hydrogens is 557 g/mol. The first-order chi connectivity index (χ1) is 19.7. The quantitative estimate of drug-likeness (QED) is 0.405. The number of piperazine rings is 1. The van der Waals surface area contributed by atoms with E-state index in [2.05, 4.69) is 25.2 Å². The maximum atomic E-state index is 12.8.